The molecule has 2 rings (SSSR count). The number of nitrogens with one attached hydrogen (secondary N) is 1. The van der Waals surface area contributed by atoms with Gasteiger partial charge in [0.25, 0.3) is 0 Å². The summed E-state index contributed by atoms with van der Waals surface area (Å²) in [5.74, 6) is 0. The molecule has 2 atom stereocenters. The van der Waals surface area contributed by atoms with Crippen LogP contribution in [0.2, 0.25) is 0 Å². The Bertz CT molecular complexity index is 231. The summed E-state index contributed by atoms with van der Waals surface area (Å²) in [6, 6.07) is 2.06. The van der Waals surface area contributed by atoms with Crippen LogP contribution in [0.5, 0.6) is 0 Å². The van der Waals surface area contributed by atoms with Crippen molar-refractivity contribution in [2.24, 2.45) is 0 Å². The van der Waals surface area contributed by atoms with E-state index in [2.05, 4.69) is 29.2 Å². The first kappa shape index (κ1) is 13.3. The highest BCUT2D eigenvalue weighted by molar-refractivity contribution is 4.88. The van der Waals surface area contributed by atoms with Gasteiger partial charge in [-0.05, 0) is 33.4 Å². The zero-order valence-corrected chi connectivity index (χ0v) is 11.5. The molecule has 2 unspecified atom stereocenters. The maximum absolute atomic E-state index is 5.37. The Balaban J connectivity index is 1.78. The number of methoxy groups -OCH3 is 1. The average Bonchev–Trinajstić information content (AvgIpc) is 2.98. The molecule has 1 aliphatic heterocycles. The van der Waals surface area contributed by atoms with Gasteiger partial charge in [-0.2, -0.15) is 0 Å². The van der Waals surface area contributed by atoms with Gasteiger partial charge >= 0.3 is 0 Å². The van der Waals surface area contributed by atoms with E-state index in [0.29, 0.717) is 6.04 Å². The van der Waals surface area contributed by atoms with E-state index in [1.807, 2.05) is 7.11 Å². The molecule has 1 saturated heterocycles. The number of hydrogen-bond acceptors (Lipinski definition) is 4. The molecule has 1 heterocycles. The minimum absolute atomic E-state index is 0.547. The summed E-state index contributed by atoms with van der Waals surface area (Å²) in [7, 11) is 6.17. The Morgan fingerprint density at radius 1 is 1.35 bits per heavy atom. The molecule has 0 aromatic carbocycles. The second kappa shape index (κ2) is 6.14. The lowest BCUT2D eigenvalue weighted by molar-refractivity contribution is 0.0996. The summed E-state index contributed by atoms with van der Waals surface area (Å²) in [4.78, 5) is 4.93. The third-order valence-electron chi connectivity index (χ3n) is 4.02. The van der Waals surface area contributed by atoms with Crippen molar-refractivity contribution in [3.8, 4) is 0 Å². The lowest BCUT2D eigenvalue weighted by Gasteiger charge is -2.28. The fourth-order valence-corrected chi connectivity index (χ4v) is 2.60. The van der Waals surface area contributed by atoms with E-state index < -0.39 is 0 Å². The second-order valence-corrected chi connectivity index (χ2v) is 5.69. The molecule has 4 heteroatoms. The van der Waals surface area contributed by atoms with Gasteiger partial charge < -0.3 is 15.0 Å². The number of likely N-dealkylation sites (tertiary alicyclic amines) is 1. The smallest absolute Gasteiger partial charge is 0.0630 e. The molecule has 0 aromatic heterocycles. The van der Waals surface area contributed by atoms with Crippen molar-refractivity contribution in [3.05, 3.63) is 0 Å². The molecule has 0 bridgehead atoms. The minimum atomic E-state index is 0.547. The van der Waals surface area contributed by atoms with Crippen molar-refractivity contribution in [1.29, 1.82) is 0 Å². The van der Waals surface area contributed by atoms with Crippen molar-refractivity contribution in [3.63, 3.8) is 0 Å². The van der Waals surface area contributed by atoms with E-state index >= 15 is 0 Å². The van der Waals surface area contributed by atoms with Gasteiger partial charge in [0.1, 0.15) is 0 Å². The molecule has 1 N–H and O–H groups in total. The molecule has 2 fully saturated rings. The lowest BCUT2D eigenvalue weighted by Crippen LogP contribution is -2.45. The highest BCUT2D eigenvalue weighted by Gasteiger charge is 2.30. The molecule has 17 heavy (non-hydrogen) atoms. The van der Waals surface area contributed by atoms with Crippen molar-refractivity contribution in [2.45, 2.75) is 37.4 Å². The highest BCUT2D eigenvalue weighted by atomic mass is 16.5. The van der Waals surface area contributed by atoms with Crippen LogP contribution < -0.4 is 5.32 Å². The normalized spacial score (nSPS) is 27.9. The quantitative estimate of drug-likeness (QED) is 0.698. The maximum Gasteiger partial charge on any atom is 0.0630 e. The summed E-state index contributed by atoms with van der Waals surface area (Å²) in [5.41, 5.74) is 0. The number of likely N-dealkylation sites (N-methyl/N-ethyl adjacent to an activating group) is 1. The van der Waals surface area contributed by atoms with Crippen molar-refractivity contribution >= 4 is 0 Å². The number of ether oxygens (including phenoxy) is 1. The number of hydrogen-bond donors (Lipinski definition) is 1. The van der Waals surface area contributed by atoms with Crippen molar-refractivity contribution in [2.75, 3.05) is 47.4 Å². The lowest BCUT2D eigenvalue weighted by atomic mass is 10.2. The first-order valence-electron chi connectivity index (χ1n) is 6.83. The van der Waals surface area contributed by atoms with Crippen LogP contribution in [-0.4, -0.2) is 75.4 Å². The third kappa shape index (κ3) is 3.91. The molecular formula is C13H27N3O. The zero-order valence-electron chi connectivity index (χ0n) is 11.5. The predicted molar refractivity (Wildman–Crippen MR) is 70.4 cm³/mol. The topological polar surface area (TPSA) is 27.7 Å². The van der Waals surface area contributed by atoms with Gasteiger partial charge in [-0.25, -0.2) is 0 Å². The van der Waals surface area contributed by atoms with E-state index in [-0.39, 0.29) is 0 Å². The molecule has 4 nitrogen and oxygen atoms in total. The molecule has 2 aliphatic rings. The van der Waals surface area contributed by atoms with Gasteiger partial charge in [0.2, 0.25) is 0 Å². The fourth-order valence-electron chi connectivity index (χ4n) is 2.60. The van der Waals surface area contributed by atoms with E-state index in [1.54, 1.807) is 0 Å². The zero-order chi connectivity index (χ0) is 12.3. The Morgan fingerprint density at radius 3 is 2.65 bits per heavy atom. The van der Waals surface area contributed by atoms with Crippen molar-refractivity contribution in [1.82, 2.24) is 15.1 Å². The fraction of sp³-hybridized carbons (Fsp3) is 1.00. The largest absolute Gasteiger partial charge is 0.383 e. The standard InChI is InChI=1S/C13H27N3O/c1-15(2)12-6-7-16(9-12)13(10-17-3)8-14-11-4-5-11/h11-14H,4-10H2,1-3H3. The van der Waals surface area contributed by atoms with Crippen LogP contribution in [-0.2, 0) is 4.74 Å². The van der Waals surface area contributed by atoms with Crippen LogP contribution in [0.3, 0.4) is 0 Å². The van der Waals surface area contributed by atoms with Crippen LogP contribution in [0.4, 0.5) is 0 Å². The van der Waals surface area contributed by atoms with Crippen LogP contribution in [0, 0.1) is 0 Å². The Kier molecular flexibility index (Phi) is 4.79. The van der Waals surface area contributed by atoms with Crippen molar-refractivity contribution < 1.29 is 4.74 Å². The summed E-state index contributed by atoms with van der Waals surface area (Å²) >= 11 is 0. The molecular weight excluding hydrogens is 214 g/mol. The van der Waals surface area contributed by atoms with Crippen LogP contribution in [0.15, 0.2) is 0 Å². The Morgan fingerprint density at radius 2 is 2.12 bits per heavy atom. The number of rotatable bonds is 7. The summed E-state index contributed by atoms with van der Waals surface area (Å²) in [5, 5.41) is 3.63. The van der Waals surface area contributed by atoms with E-state index in [1.165, 1.54) is 32.4 Å². The maximum atomic E-state index is 5.37. The van der Waals surface area contributed by atoms with Gasteiger partial charge in [-0.15, -0.1) is 0 Å². The minimum Gasteiger partial charge on any atom is -0.383 e. The van der Waals surface area contributed by atoms with E-state index in [4.69, 9.17) is 4.74 Å². The summed E-state index contributed by atoms with van der Waals surface area (Å²) < 4.78 is 5.37. The Hall–Kier alpha value is -0.160. The van der Waals surface area contributed by atoms with E-state index in [9.17, 15) is 0 Å². The van der Waals surface area contributed by atoms with Gasteiger partial charge in [0.15, 0.2) is 0 Å². The summed E-state index contributed by atoms with van der Waals surface area (Å²) in [6.07, 6.45) is 4.01. The monoisotopic (exact) mass is 241 g/mol. The van der Waals surface area contributed by atoms with Gasteiger partial charge in [0, 0.05) is 44.9 Å². The molecule has 0 aromatic rings. The first-order valence-corrected chi connectivity index (χ1v) is 6.83. The molecule has 0 spiro atoms. The molecule has 1 aliphatic carbocycles. The first-order chi connectivity index (χ1) is 8.20. The SMILES string of the molecule is COCC(CNC1CC1)N1CCC(N(C)C)C1. The molecule has 100 valence electrons. The summed E-state index contributed by atoms with van der Waals surface area (Å²) in [6.45, 7) is 4.33. The van der Waals surface area contributed by atoms with Crippen LogP contribution >= 0.6 is 0 Å². The predicted octanol–water partition coefficient (Wildman–Crippen LogP) is 0.389. The Labute approximate surface area is 105 Å². The second-order valence-electron chi connectivity index (χ2n) is 5.69. The van der Waals surface area contributed by atoms with Gasteiger partial charge in [-0.3, -0.25) is 4.90 Å². The molecule has 0 amide bonds. The highest BCUT2D eigenvalue weighted by Crippen LogP contribution is 2.20. The molecule has 1 saturated carbocycles. The van der Waals surface area contributed by atoms with Crippen LogP contribution in [0.25, 0.3) is 0 Å². The van der Waals surface area contributed by atoms with Gasteiger partial charge in [0.05, 0.1) is 6.61 Å². The number of nitrogens with zero attached hydrogens (tertiary/aromatic N) is 2. The molecule has 0 radical (unpaired) electrons. The van der Waals surface area contributed by atoms with E-state index in [0.717, 1.165) is 25.2 Å². The third-order valence-corrected chi connectivity index (χ3v) is 4.02. The van der Waals surface area contributed by atoms with Gasteiger partial charge in [-0.1, -0.05) is 0 Å². The van der Waals surface area contributed by atoms with Crippen LogP contribution in [0.1, 0.15) is 19.3 Å². The average molecular weight is 241 g/mol.